The molecule has 2 aromatic heterocycles. The number of nitrogens with zero attached hydrogens (tertiary/aromatic N) is 5. The highest BCUT2D eigenvalue weighted by Crippen LogP contribution is 2.39. The van der Waals surface area contributed by atoms with E-state index in [0.29, 0.717) is 58.5 Å². The predicted octanol–water partition coefficient (Wildman–Crippen LogP) is 9.44. The van der Waals surface area contributed by atoms with Crippen molar-refractivity contribution in [2.45, 2.75) is 59.4 Å². The van der Waals surface area contributed by atoms with Crippen molar-refractivity contribution in [1.29, 1.82) is 5.26 Å². The number of rotatable bonds is 12. The summed E-state index contributed by atoms with van der Waals surface area (Å²) in [6, 6.07) is 19.9. The van der Waals surface area contributed by atoms with Gasteiger partial charge in [0, 0.05) is 78.5 Å². The number of pyridine rings is 1. The van der Waals surface area contributed by atoms with Gasteiger partial charge in [-0.05, 0) is 75.2 Å². The van der Waals surface area contributed by atoms with Gasteiger partial charge in [0.2, 0.25) is 0 Å². The van der Waals surface area contributed by atoms with Gasteiger partial charge in [-0.2, -0.15) is 5.26 Å². The Kier molecular flexibility index (Phi) is 11.8. The minimum Gasteiger partial charge on any atom is -0.492 e. The van der Waals surface area contributed by atoms with Crippen LogP contribution in [-0.2, 0) is 32.7 Å². The smallest absolute Gasteiger partial charge is 0.142 e. The van der Waals surface area contributed by atoms with Crippen LogP contribution in [0.5, 0.6) is 17.2 Å². The van der Waals surface area contributed by atoms with Crippen LogP contribution in [0.15, 0.2) is 67.0 Å². The van der Waals surface area contributed by atoms with Crippen LogP contribution in [0.2, 0.25) is 10.0 Å². The van der Waals surface area contributed by atoms with Gasteiger partial charge < -0.3 is 19.1 Å². The molecule has 2 aliphatic heterocycles. The summed E-state index contributed by atoms with van der Waals surface area (Å²) in [4.78, 5) is 15.0. The molecule has 0 bridgehead atoms. The molecule has 1 atom stereocenters. The molecule has 4 heterocycles. The van der Waals surface area contributed by atoms with E-state index in [2.05, 4.69) is 53.9 Å². The number of ether oxygens (including phenoxy) is 3. The normalized spacial score (nSPS) is 16.2. The maximum absolute atomic E-state index is 9.38. The molecule has 5 aromatic rings. The monoisotopic (exact) mass is 767 g/mol. The molecule has 11 heteroatoms. The average molecular weight is 769 g/mol. The third-order valence-electron chi connectivity index (χ3n) is 10.0. The van der Waals surface area contributed by atoms with E-state index in [1.165, 1.54) is 23.4 Å². The Hall–Kier alpha value is -4.17. The average Bonchev–Trinajstić information content (AvgIpc) is 3.53. The lowest BCUT2D eigenvalue weighted by atomic mass is 9.96. The number of hydrogen-bond acceptors (Lipinski definition) is 9. The summed E-state index contributed by atoms with van der Waals surface area (Å²) >= 11 is 15.7. The van der Waals surface area contributed by atoms with E-state index < -0.39 is 0 Å². The zero-order valence-electron chi connectivity index (χ0n) is 30.3. The van der Waals surface area contributed by atoms with E-state index in [9.17, 15) is 5.26 Å². The highest BCUT2D eigenvalue weighted by molar-refractivity contribution is 7.11. The summed E-state index contributed by atoms with van der Waals surface area (Å²) in [5.41, 5.74) is 7.49. The fourth-order valence-corrected chi connectivity index (χ4v) is 8.77. The summed E-state index contributed by atoms with van der Waals surface area (Å²) in [6.45, 7) is 9.92. The van der Waals surface area contributed by atoms with Gasteiger partial charge in [0.05, 0.1) is 32.9 Å². The standard InChI is InChI=1S/C42H43Cl2N5O3S/c1-27-32(8-4-9-34(27)35-10-5-11-38(42(35)44)50-24-29-7-6-13-48(3)21-29)26-52-40-17-39(51-25-31-15-30(18-45)19-46-20-31)33(16-36(40)43)22-49-14-12-37-41(23-49)53-28(2)47-37/h4-5,8-11,15-17,19-20,29H,6-7,12-14,21-26H2,1-3H3. The molecule has 3 aromatic carbocycles. The van der Waals surface area contributed by atoms with Crippen LogP contribution in [0.25, 0.3) is 11.1 Å². The van der Waals surface area contributed by atoms with Crippen LogP contribution in [0.3, 0.4) is 0 Å². The Morgan fingerprint density at radius 3 is 2.60 bits per heavy atom. The quantitative estimate of drug-likeness (QED) is 0.124. The molecule has 1 unspecified atom stereocenters. The first-order chi connectivity index (χ1) is 25.7. The molecule has 53 heavy (non-hydrogen) atoms. The first kappa shape index (κ1) is 37.2. The molecule has 0 spiro atoms. The van der Waals surface area contributed by atoms with Gasteiger partial charge in [0.15, 0.2) is 0 Å². The number of nitriles is 1. The van der Waals surface area contributed by atoms with Crippen molar-refractivity contribution in [3.05, 3.63) is 120 Å². The number of halogens is 2. The van der Waals surface area contributed by atoms with Crippen molar-refractivity contribution in [1.82, 2.24) is 19.8 Å². The third-order valence-corrected chi connectivity index (χ3v) is 11.7. The third kappa shape index (κ3) is 8.97. The number of fused-ring (bicyclic) bond motifs is 1. The molecule has 0 aliphatic carbocycles. The molecule has 8 nitrogen and oxygen atoms in total. The Morgan fingerprint density at radius 2 is 1.75 bits per heavy atom. The van der Waals surface area contributed by atoms with Crippen LogP contribution < -0.4 is 14.2 Å². The molecule has 274 valence electrons. The number of likely N-dealkylation sites (tertiary alicyclic amines) is 1. The van der Waals surface area contributed by atoms with Gasteiger partial charge in [-0.15, -0.1) is 11.3 Å². The number of hydrogen-bond donors (Lipinski definition) is 0. The zero-order valence-corrected chi connectivity index (χ0v) is 32.7. The summed E-state index contributed by atoms with van der Waals surface area (Å²) in [6.07, 6.45) is 6.53. The van der Waals surface area contributed by atoms with E-state index in [-0.39, 0.29) is 6.61 Å². The molecule has 7 rings (SSSR count). The second kappa shape index (κ2) is 16.9. The molecule has 0 N–H and O–H groups in total. The molecule has 1 saturated heterocycles. The van der Waals surface area contributed by atoms with E-state index in [0.717, 1.165) is 71.0 Å². The van der Waals surface area contributed by atoms with Crippen molar-refractivity contribution < 1.29 is 14.2 Å². The first-order valence-electron chi connectivity index (χ1n) is 18.0. The lowest BCUT2D eigenvalue weighted by molar-refractivity contribution is 0.150. The molecule has 1 fully saturated rings. The fraction of sp³-hybridized carbons (Fsp3) is 0.357. The highest BCUT2D eigenvalue weighted by atomic mass is 35.5. The minimum absolute atomic E-state index is 0.247. The minimum atomic E-state index is 0.247. The lowest BCUT2D eigenvalue weighted by Gasteiger charge is -2.29. The number of aryl methyl sites for hydroxylation is 1. The Morgan fingerprint density at radius 1 is 0.925 bits per heavy atom. The van der Waals surface area contributed by atoms with Crippen LogP contribution in [0.4, 0.5) is 0 Å². The predicted molar refractivity (Wildman–Crippen MR) is 211 cm³/mol. The largest absolute Gasteiger partial charge is 0.492 e. The van der Waals surface area contributed by atoms with Gasteiger partial charge in [-0.3, -0.25) is 9.88 Å². The summed E-state index contributed by atoms with van der Waals surface area (Å²) < 4.78 is 19.1. The zero-order chi connectivity index (χ0) is 36.9. The fourth-order valence-electron chi connectivity index (χ4n) is 7.22. The summed E-state index contributed by atoms with van der Waals surface area (Å²) in [5, 5.41) is 11.6. The molecule has 0 saturated carbocycles. The molecular formula is C42H43Cl2N5O3S. The Bertz CT molecular complexity index is 2130. The topological polar surface area (TPSA) is 83.7 Å². The molecule has 0 radical (unpaired) electrons. The van der Waals surface area contributed by atoms with Crippen LogP contribution in [-0.4, -0.2) is 53.1 Å². The van der Waals surface area contributed by atoms with E-state index >= 15 is 0 Å². The number of thiazole rings is 1. The number of piperidine rings is 1. The van der Waals surface area contributed by atoms with E-state index in [1.54, 1.807) is 29.8 Å². The van der Waals surface area contributed by atoms with Crippen molar-refractivity contribution in [3.63, 3.8) is 0 Å². The lowest BCUT2D eigenvalue weighted by Crippen LogP contribution is -2.34. The summed E-state index contributed by atoms with van der Waals surface area (Å²) in [7, 11) is 2.17. The maximum Gasteiger partial charge on any atom is 0.142 e. The second-order valence-electron chi connectivity index (χ2n) is 14.0. The van der Waals surface area contributed by atoms with Crippen LogP contribution >= 0.6 is 34.5 Å². The van der Waals surface area contributed by atoms with Gasteiger partial charge in [0.25, 0.3) is 0 Å². The SMILES string of the molecule is Cc1nc2c(s1)CN(Cc1cc(Cl)c(OCc3cccc(-c4cccc(OCC5CCCN(C)C5)c4Cl)c3C)cc1OCc1cncc(C#N)c1)CC2. The van der Waals surface area contributed by atoms with Crippen molar-refractivity contribution in [2.75, 3.05) is 33.3 Å². The van der Waals surface area contributed by atoms with Crippen LogP contribution in [0, 0.1) is 31.1 Å². The van der Waals surface area contributed by atoms with Crippen molar-refractivity contribution in [3.8, 4) is 34.4 Å². The van der Waals surface area contributed by atoms with E-state index in [1.807, 2.05) is 36.4 Å². The summed E-state index contributed by atoms with van der Waals surface area (Å²) in [5.74, 6) is 2.40. The molecular weight excluding hydrogens is 725 g/mol. The second-order valence-corrected chi connectivity index (χ2v) is 16.1. The van der Waals surface area contributed by atoms with Crippen molar-refractivity contribution >= 4 is 34.5 Å². The molecule has 2 aliphatic rings. The molecule has 0 amide bonds. The Labute approximate surface area is 325 Å². The first-order valence-corrected chi connectivity index (χ1v) is 19.6. The van der Waals surface area contributed by atoms with Gasteiger partial charge in [-0.25, -0.2) is 4.98 Å². The highest BCUT2D eigenvalue weighted by Gasteiger charge is 2.23. The Balaban J connectivity index is 1.09. The van der Waals surface area contributed by atoms with Gasteiger partial charge in [0.1, 0.15) is 36.5 Å². The van der Waals surface area contributed by atoms with Gasteiger partial charge in [-0.1, -0.05) is 53.5 Å². The maximum atomic E-state index is 9.38. The van der Waals surface area contributed by atoms with Gasteiger partial charge >= 0.3 is 0 Å². The van der Waals surface area contributed by atoms with Crippen molar-refractivity contribution in [2.24, 2.45) is 5.92 Å². The number of aromatic nitrogens is 2. The van der Waals surface area contributed by atoms with Crippen LogP contribution in [0.1, 0.15) is 56.2 Å². The van der Waals surface area contributed by atoms with E-state index in [4.69, 9.17) is 42.4 Å². The number of benzene rings is 3.